The molecule has 0 aliphatic rings. The van der Waals surface area contributed by atoms with Crippen molar-refractivity contribution in [2.45, 2.75) is 199 Å². The fraction of sp³-hybridized carbons (Fsp3) is 0.805. The molecule has 0 rings (SSSR count). The minimum atomic E-state index is -1.39. The molecule has 0 bridgehead atoms. The Bertz CT molecular complexity index is 905. The molecule has 50 heavy (non-hydrogen) atoms. The molecule has 9 heteroatoms. The van der Waals surface area contributed by atoms with Gasteiger partial charge in [-0.2, -0.15) is 0 Å². The van der Waals surface area contributed by atoms with Crippen molar-refractivity contribution >= 4 is 23.8 Å². The van der Waals surface area contributed by atoms with Gasteiger partial charge in [0.1, 0.15) is 12.1 Å². The van der Waals surface area contributed by atoms with E-state index in [1.54, 1.807) is 0 Å². The minimum absolute atomic E-state index is 0.120. The van der Waals surface area contributed by atoms with Crippen LogP contribution in [0.1, 0.15) is 187 Å². The molecule has 2 amide bonds. The molecule has 0 aromatic heterocycles. The van der Waals surface area contributed by atoms with Crippen molar-refractivity contribution in [1.29, 1.82) is 0 Å². The number of carboxylic acids is 1. The highest BCUT2D eigenvalue weighted by atomic mass is 16.5. The van der Waals surface area contributed by atoms with Crippen LogP contribution in [0.5, 0.6) is 0 Å². The Morgan fingerprint density at radius 3 is 1.66 bits per heavy atom. The number of nitrogens with one attached hydrogen (secondary N) is 2. The number of esters is 1. The van der Waals surface area contributed by atoms with Gasteiger partial charge in [-0.25, -0.2) is 4.79 Å². The van der Waals surface area contributed by atoms with Crippen molar-refractivity contribution in [3.05, 3.63) is 24.3 Å². The molecule has 2 atom stereocenters. The summed E-state index contributed by atoms with van der Waals surface area (Å²) in [4.78, 5) is 47.3. The summed E-state index contributed by atoms with van der Waals surface area (Å²) in [5.74, 6) is -2.41. The van der Waals surface area contributed by atoms with Crippen LogP contribution in [0, 0.1) is 0 Å². The zero-order valence-electron chi connectivity index (χ0n) is 31.9. The topological polar surface area (TPSA) is 142 Å². The predicted molar refractivity (Wildman–Crippen MR) is 204 cm³/mol. The van der Waals surface area contributed by atoms with E-state index in [0.717, 1.165) is 51.4 Å². The monoisotopic (exact) mass is 707 g/mol. The molecule has 0 heterocycles. The maximum Gasteiger partial charge on any atom is 0.328 e. The number of carboxylic acid groups (broad SMARTS) is 1. The van der Waals surface area contributed by atoms with Crippen molar-refractivity contribution < 1.29 is 34.1 Å². The van der Waals surface area contributed by atoms with E-state index in [1.807, 2.05) is 6.08 Å². The Labute approximate surface area is 304 Å². The molecule has 0 aromatic rings. The number of carbonyl (C=O) groups is 4. The van der Waals surface area contributed by atoms with Gasteiger partial charge in [-0.1, -0.05) is 128 Å². The number of hydrogen-bond donors (Lipinski definition) is 4. The Balaban J connectivity index is 4.07. The average Bonchev–Trinajstić information content (AvgIpc) is 3.10. The summed E-state index contributed by atoms with van der Waals surface area (Å²) in [6.07, 6.45) is 38.1. The fourth-order valence-electron chi connectivity index (χ4n) is 5.74. The second-order valence-corrected chi connectivity index (χ2v) is 13.7. The zero-order valence-corrected chi connectivity index (χ0v) is 31.9. The number of rotatable bonds is 36. The summed E-state index contributed by atoms with van der Waals surface area (Å²) in [5.41, 5.74) is 0. The molecular formula is C41H74N2O7. The smallest absolute Gasteiger partial charge is 0.328 e. The molecule has 0 saturated heterocycles. The summed E-state index contributed by atoms with van der Waals surface area (Å²) in [7, 11) is 0. The standard InChI is InChI=1S/C41H74N2O7/c1-3-5-7-9-10-11-12-13-14-15-16-17-18-19-20-21-23-29-33-40(47)50-36(30-26-22-8-6-4-2)31-27-24-25-28-32-38(45)42-34-39(46)43-37(35-44)41(48)49/h14-15,26,30,36-37,44H,3-13,16-25,27-29,31-35H2,1-2H3,(H,42,45)(H,43,46)(H,48,49)/b15-14-,30-26-. The SMILES string of the molecule is CCCCC/C=C\C(CCCCCCC(=O)NCC(=O)NC(CO)C(=O)O)OC(=O)CCCCCCCCC/C=C\CCCCCCCCC. The Morgan fingerprint density at radius 2 is 1.08 bits per heavy atom. The van der Waals surface area contributed by atoms with E-state index in [4.69, 9.17) is 14.9 Å². The Kier molecular flexibility index (Phi) is 34.2. The van der Waals surface area contributed by atoms with Crippen LogP contribution in [0.25, 0.3) is 0 Å². The van der Waals surface area contributed by atoms with Gasteiger partial charge in [-0.3, -0.25) is 14.4 Å². The van der Waals surface area contributed by atoms with Crippen LogP contribution in [0.3, 0.4) is 0 Å². The van der Waals surface area contributed by atoms with Crippen LogP contribution in [0.2, 0.25) is 0 Å². The van der Waals surface area contributed by atoms with Crippen LogP contribution in [0.4, 0.5) is 0 Å². The molecule has 0 radical (unpaired) electrons. The van der Waals surface area contributed by atoms with Crippen molar-refractivity contribution in [2.24, 2.45) is 0 Å². The summed E-state index contributed by atoms with van der Waals surface area (Å²) in [6, 6.07) is -1.39. The minimum Gasteiger partial charge on any atom is -0.480 e. The van der Waals surface area contributed by atoms with Gasteiger partial charge in [0.2, 0.25) is 11.8 Å². The molecule has 0 aliphatic carbocycles. The molecule has 0 fully saturated rings. The summed E-state index contributed by atoms with van der Waals surface area (Å²) in [5, 5.41) is 22.5. The molecule has 0 aromatic carbocycles. The van der Waals surface area contributed by atoms with E-state index >= 15 is 0 Å². The molecule has 9 nitrogen and oxygen atoms in total. The number of aliphatic carboxylic acids is 1. The van der Waals surface area contributed by atoms with Gasteiger partial charge in [0.15, 0.2) is 0 Å². The third-order valence-electron chi connectivity index (χ3n) is 8.91. The number of unbranched alkanes of at least 4 members (excludes halogenated alkanes) is 20. The average molecular weight is 707 g/mol. The highest BCUT2D eigenvalue weighted by Crippen LogP contribution is 2.15. The highest BCUT2D eigenvalue weighted by Gasteiger charge is 2.18. The first-order valence-electron chi connectivity index (χ1n) is 20.2. The second-order valence-electron chi connectivity index (χ2n) is 13.7. The Morgan fingerprint density at radius 1 is 0.600 bits per heavy atom. The van der Waals surface area contributed by atoms with Crippen LogP contribution < -0.4 is 10.6 Å². The van der Waals surface area contributed by atoms with Crippen LogP contribution in [-0.2, 0) is 23.9 Å². The lowest BCUT2D eigenvalue weighted by atomic mass is 10.1. The fourth-order valence-corrected chi connectivity index (χ4v) is 5.74. The third kappa shape index (κ3) is 32.5. The van der Waals surface area contributed by atoms with Gasteiger partial charge in [0, 0.05) is 12.8 Å². The van der Waals surface area contributed by atoms with E-state index in [9.17, 15) is 19.2 Å². The molecule has 2 unspecified atom stereocenters. The number of ether oxygens (including phenoxy) is 1. The summed E-state index contributed by atoms with van der Waals surface area (Å²) >= 11 is 0. The van der Waals surface area contributed by atoms with Crippen molar-refractivity contribution in [1.82, 2.24) is 10.6 Å². The molecule has 290 valence electrons. The normalized spacial score (nSPS) is 12.7. The summed E-state index contributed by atoms with van der Waals surface area (Å²) < 4.78 is 5.85. The first-order valence-corrected chi connectivity index (χ1v) is 20.2. The predicted octanol–water partition coefficient (Wildman–Crippen LogP) is 9.26. The molecular weight excluding hydrogens is 632 g/mol. The lowest BCUT2D eigenvalue weighted by Crippen LogP contribution is -2.47. The molecule has 0 spiro atoms. The second kappa shape index (κ2) is 36.1. The van der Waals surface area contributed by atoms with Crippen molar-refractivity contribution in [3.63, 3.8) is 0 Å². The number of aliphatic hydroxyl groups is 1. The molecule has 4 N–H and O–H groups in total. The van der Waals surface area contributed by atoms with Crippen molar-refractivity contribution in [3.8, 4) is 0 Å². The quantitative estimate of drug-likeness (QED) is 0.0289. The van der Waals surface area contributed by atoms with Crippen molar-refractivity contribution in [2.75, 3.05) is 13.2 Å². The van der Waals surface area contributed by atoms with E-state index in [-0.39, 0.29) is 30.9 Å². The van der Waals surface area contributed by atoms with Gasteiger partial charge in [0.25, 0.3) is 0 Å². The van der Waals surface area contributed by atoms with Crippen LogP contribution >= 0.6 is 0 Å². The third-order valence-corrected chi connectivity index (χ3v) is 8.91. The highest BCUT2D eigenvalue weighted by molar-refractivity contribution is 5.87. The first kappa shape index (κ1) is 47.3. The van der Waals surface area contributed by atoms with Gasteiger partial charge >= 0.3 is 11.9 Å². The van der Waals surface area contributed by atoms with Gasteiger partial charge in [-0.15, -0.1) is 0 Å². The van der Waals surface area contributed by atoms with E-state index < -0.39 is 24.5 Å². The van der Waals surface area contributed by atoms with Gasteiger partial charge in [-0.05, 0) is 70.3 Å². The van der Waals surface area contributed by atoms with Crippen LogP contribution in [0.15, 0.2) is 24.3 Å². The van der Waals surface area contributed by atoms with E-state index in [1.165, 1.54) is 103 Å². The molecule has 0 aliphatic heterocycles. The maximum atomic E-state index is 12.6. The zero-order chi connectivity index (χ0) is 36.9. The number of hydrogen-bond acceptors (Lipinski definition) is 6. The lowest BCUT2D eigenvalue weighted by Gasteiger charge is -2.15. The largest absolute Gasteiger partial charge is 0.480 e. The molecule has 0 saturated carbocycles. The number of amides is 2. The number of carbonyl (C=O) groups excluding carboxylic acids is 3. The van der Waals surface area contributed by atoms with Gasteiger partial charge < -0.3 is 25.6 Å². The van der Waals surface area contributed by atoms with E-state index in [0.29, 0.717) is 12.8 Å². The number of allylic oxidation sites excluding steroid dienone is 3. The van der Waals surface area contributed by atoms with Crippen LogP contribution in [-0.4, -0.2) is 59.3 Å². The first-order chi connectivity index (χ1) is 24.3. The van der Waals surface area contributed by atoms with E-state index in [2.05, 4.69) is 42.7 Å². The Hall–Kier alpha value is -2.68. The maximum absolute atomic E-state index is 12.6. The lowest BCUT2D eigenvalue weighted by molar-refractivity contribution is -0.147. The number of aliphatic hydroxyl groups excluding tert-OH is 1. The summed E-state index contributed by atoms with van der Waals surface area (Å²) in [6.45, 7) is 3.39. The van der Waals surface area contributed by atoms with Gasteiger partial charge in [0.05, 0.1) is 13.2 Å².